The molecule has 0 unspecified atom stereocenters. The van der Waals surface area contributed by atoms with Crippen LogP contribution in [0.2, 0.25) is 0 Å². The quantitative estimate of drug-likeness (QED) is 0.647. The van der Waals surface area contributed by atoms with Crippen LogP contribution in [0.1, 0.15) is 32.3 Å². The highest BCUT2D eigenvalue weighted by atomic mass is 19.4. The fraction of sp³-hybridized carbons (Fsp3) is 0.500. The number of benzene rings is 1. The molecule has 0 aliphatic carbocycles. The van der Waals surface area contributed by atoms with Gasteiger partial charge in [0.05, 0.1) is 10.5 Å². The Balaban J connectivity index is 3.15. The summed E-state index contributed by atoms with van der Waals surface area (Å²) in [4.78, 5) is 10.1. The Bertz CT molecular complexity index is 457. The predicted octanol–water partition coefficient (Wildman–Crippen LogP) is 4.21. The second-order valence-corrected chi connectivity index (χ2v) is 4.14. The Hall–Kier alpha value is -1.79. The Labute approximate surface area is 108 Å². The third kappa shape index (κ3) is 3.84. The molecule has 7 heteroatoms. The van der Waals surface area contributed by atoms with Gasteiger partial charge in [0.2, 0.25) is 0 Å². The second kappa shape index (κ2) is 5.90. The van der Waals surface area contributed by atoms with E-state index in [4.69, 9.17) is 0 Å². The monoisotopic (exact) mass is 276 g/mol. The molecule has 1 rings (SSSR count). The normalized spacial score (nSPS) is 11.7. The minimum atomic E-state index is -4.59. The fourth-order valence-electron chi connectivity index (χ4n) is 1.69. The van der Waals surface area contributed by atoms with Crippen molar-refractivity contribution in [2.75, 3.05) is 5.32 Å². The smallest absolute Gasteiger partial charge is 0.377 e. The molecule has 0 saturated carbocycles. The van der Waals surface area contributed by atoms with Crippen molar-refractivity contribution in [3.05, 3.63) is 33.9 Å². The number of nitro groups is 1. The molecule has 0 aliphatic rings. The number of rotatable bonds is 5. The van der Waals surface area contributed by atoms with E-state index in [1.807, 2.05) is 13.8 Å². The Kier molecular flexibility index (Phi) is 4.74. The van der Waals surface area contributed by atoms with Crippen LogP contribution in [-0.2, 0) is 6.18 Å². The van der Waals surface area contributed by atoms with Crippen molar-refractivity contribution in [1.29, 1.82) is 0 Å². The van der Waals surface area contributed by atoms with Crippen molar-refractivity contribution in [1.82, 2.24) is 0 Å². The molecule has 0 bridgehead atoms. The van der Waals surface area contributed by atoms with Crippen molar-refractivity contribution >= 4 is 11.4 Å². The minimum absolute atomic E-state index is 0.00423. The summed E-state index contributed by atoms with van der Waals surface area (Å²) in [6, 6.07) is 2.51. The van der Waals surface area contributed by atoms with Gasteiger partial charge in [-0.2, -0.15) is 13.2 Å². The van der Waals surface area contributed by atoms with Gasteiger partial charge in [0.1, 0.15) is 5.69 Å². The molecule has 0 aliphatic heterocycles. The lowest BCUT2D eigenvalue weighted by Crippen LogP contribution is -2.18. The third-order valence-electron chi connectivity index (χ3n) is 2.87. The molecular formula is C12H15F3N2O2. The Morgan fingerprint density at radius 1 is 1.32 bits per heavy atom. The van der Waals surface area contributed by atoms with Crippen molar-refractivity contribution in [2.24, 2.45) is 0 Å². The molecular weight excluding hydrogens is 261 g/mol. The van der Waals surface area contributed by atoms with Crippen LogP contribution in [0, 0.1) is 10.1 Å². The standard InChI is InChI=1S/C12H15F3N2O2/c1-3-9(4-2)16-10-6-5-8(12(13,14)15)7-11(10)17(18)19/h5-7,9,16H,3-4H2,1-2H3. The molecule has 0 radical (unpaired) electrons. The molecule has 0 aromatic heterocycles. The van der Waals surface area contributed by atoms with Gasteiger partial charge in [-0.05, 0) is 25.0 Å². The first kappa shape index (κ1) is 15.3. The topological polar surface area (TPSA) is 55.2 Å². The van der Waals surface area contributed by atoms with E-state index < -0.39 is 22.4 Å². The highest BCUT2D eigenvalue weighted by Gasteiger charge is 2.33. The number of nitrogens with one attached hydrogen (secondary N) is 1. The summed E-state index contributed by atoms with van der Waals surface area (Å²) in [5.41, 5.74) is -1.46. The van der Waals surface area contributed by atoms with Crippen LogP contribution in [0.3, 0.4) is 0 Å². The number of nitro benzene ring substituents is 1. The number of hydrogen-bond donors (Lipinski definition) is 1. The van der Waals surface area contributed by atoms with Crippen LogP contribution in [-0.4, -0.2) is 11.0 Å². The molecule has 0 atom stereocenters. The van der Waals surface area contributed by atoms with Crippen LogP contribution in [0.4, 0.5) is 24.5 Å². The van der Waals surface area contributed by atoms with Gasteiger partial charge >= 0.3 is 6.18 Å². The summed E-state index contributed by atoms with van der Waals surface area (Å²) in [7, 11) is 0. The van der Waals surface area contributed by atoms with Crippen molar-refractivity contribution < 1.29 is 18.1 Å². The van der Waals surface area contributed by atoms with Crippen LogP contribution >= 0.6 is 0 Å². The van der Waals surface area contributed by atoms with E-state index in [1.54, 1.807) is 0 Å². The van der Waals surface area contributed by atoms with Crippen molar-refractivity contribution in [2.45, 2.75) is 38.9 Å². The molecule has 1 aromatic rings. The molecule has 19 heavy (non-hydrogen) atoms. The molecule has 0 fully saturated rings. The summed E-state index contributed by atoms with van der Waals surface area (Å²) < 4.78 is 37.5. The van der Waals surface area contributed by atoms with Crippen LogP contribution in [0.15, 0.2) is 18.2 Å². The van der Waals surface area contributed by atoms with Gasteiger partial charge in [-0.1, -0.05) is 13.8 Å². The van der Waals surface area contributed by atoms with Crippen molar-refractivity contribution in [3.8, 4) is 0 Å². The maximum absolute atomic E-state index is 12.5. The summed E-state index contributed by atoms with van der Waals surface area (Å²) in [5, 5.41) is 13.8. The second-order valence-electron chi connectivity index (χ2n) is 4.14. The molecule has 0 heterocycles. The summed E-state index contributed by atoms with van der Waals surface area (Å²) in [6.45, 7) is 3.80. The zero-order valence-electron chi connectivity index (χ0n) is 10.6. The van der Waals surface area contributed by atoms with E-state index in [-0.39, 0.29) is 11.7 Å². The first-order chi connectivity index (χ1) is 8.79. The molecule has 106 valence electrons. The largest absolute Gasteiger partial charge is 0.416 e. The molecule has 0 amide bonds. The number of alkyl halides is 3. The summed E-state index contributed by atoms with van der Waals surface area (Å²) in [6.07, 6.45) is -3.12. The maximum atomic E-state index is 12.5. The molecule has 1 aromatic carbocycles. The van der Waals surface area contributed by atoms with Crippen LogP contribution in [0.25, 0.3) is 0 Å². The Morgan fingerprint density at radius 3 is 2.32 bits per heavy atom. The predicted molar refractivity (Wildman–Crippen MR) is 66.1 cm³/mol. The lowest BCUT2D eigenvalue weighted by atomic mass is 10.1. The van der Waals surface area contributed by atoms with Crippen LogP contribution < -0.4 is 5.32 Å². The number of anilines is 1. The number of hydrogen-bond acceptors (Lipinski definition) is 3. The van der Waals surface area contributed by atoms with Gasteiger partial charge in [-0.25, -0.2) is 0 Å². The Morgan fingerprint density at radius 2 is 1.89 bits per heavy atom. The highest BCUT2D eigenvalue weighted by Crippen LogP contribution is 2.35. The molecule has 0 spiro atoms. The van der Waals surface area contributed by atoms with E-state index >= 15 is 0 Å². The van der Waals surface area contributed by atoms with Gasteiger partial charge in [-0.3, -0.25) is 10.1 Å². The molecule has 0 saturated heterocycles. The number of halogens is 3. The van der Waals surface area contributed by atoms with Gasteiger partial charge in [-0.15, -0.1) is 0 Å². The molecule has 4 nitrogen and oxygen atoms in total. The zero-order chi connectivity index (χ0) is 14.6. The third-order valence-corrected chi connectivity index (χ3v) is 2.87. The summed E-state index contributed by atoms with van der Waals surface area (Å²) in [5.74, 6) is 0. The SMILES string of the molecule is CCC(CC)Nc1ccc(C(F)(F)F)cc1[N+](=O)[O-]. The van der Waals surface area contributed by atoms with E-state index in [9.17, 15) is 23.3 Å². The van der Waals surface area contributed by atoms with Gasteiger partial charge in [0, 0.05) is 12.1 Å². The summed E-state index contributed by atoms with van der Waals surface area (Å²) >= 11 is 0. The van der Waals surface area contributed by atoms with Gasteiger partial charge < -0.3 is 5.32 Å². The average Bonchev–Trinajstić information content (AvgIpc) is 2.34. The van der Waals surface area contributed by atoms with E-state index in [1.165, 1.54) is 0 Å². The van der Waals surface area contributed by atoms with Gasteiger partial charge in [0.25, 0.3) is 5.69 Å². The fourth-order valence-corrected chi connectivity index (χ4v) is 1.69. The van der Waals surface area contributed by atoms with E-state index in [0.29, 0.717) is 6.07 Å². The minimum Gasteiger partial charge on any atom is -0.377 e. The van der Waals surface area contributed by atoms with Gasteiger partial charge in [0.15, 0.2) is 0 Å². The van der Waals surface area contributed by atoms with E-state index in [2.05, 4.69) is 5.32 Å². The van der Waals surface area contributed by atoms with Crippen LogP contribution in [0.5, 0.6) is 0 Å². The lowest BCUT2D eigenvalue weighted by molar-refractivity contribution is -0.384. The first-order valence-corrected chi connectivity index (χ1v) is 5.91. The highest BCUT2D eigenvalue weighted by molar-refractivity contribution is 5.63. The van der Waals surface area contributed by atoms with E-state index in [0.717, 1.165) is 25.0 Å². The average molecular weight is 276 g/mol. The lowest BCUT2D eigenvalue weighted by Gasteiger charge is -2.17. The molecule has 1 N–H and O–H groups in total. The zero-order valence-corrected chi connectivity index (χ0v) is 10.6. The van der Waals surface area contributed by atoms with Crippen molar-refractivity contribution in [3.63, 3.8) is 0 Å². The maximum Gasteiger partial charge on any atom is 0.416 e. The number of nitrogens with zero attached hydrogens (tertiary/aromatic N) is 1. The first-order valence-electron chi connectivity index (χ1n) is 5.91.